The summed E-state index contributed by atoms with van der Waals surface area (Å²) in [6.07, 6.45) is 3.01. The molecular weight excluding hydrogens is 378 g/mol. The van der Waals surface area contributed by atoms with E-state index in [1.807, 2.05) is 87.6 Å². The number of hydrogen-bond donors (Lipinski definition) is 2. The van der Waals surface area contributed by atoms with Crippen LogP contribution in [-0.2, 0) is 4.74 Å². The van der Waals surface area contributed by atoms with E-state index < -0.39 is 11.7 Å². The second-order valence-electron chi connectivity index (χ2n) is 7.85. The highest BCUT2D eigenvalue weighted by atomic mass is 16.6. The van der Waals surface area contributed by atoms with Gasteiger partial charge in [-0.1, -0.05) is 30.3 Å². The van der Waals surface area contributed by atoms with Crippen LogP contribution in [0.4, 0.5) is 10.6 Å². The molecule has 6 nitrogen and oxygen atoms in total. The van der Waals surface area contributed by atoms with E-state index >= 15 is 0 Å². The summed E-state index contributed by atoms with van der Waals surface area (Å²) in [5, 5.41) is 3.58. The molecule has 2 heterocycles. The quantitative estimate of drug-likeness (QED) is 0.417. The minimum atomic E-state index is -0.590. The van der Waals surface area contributed by atoms with E-state index in [1.54, 1.807) is 6.20 Å². The number of amides is 1. The fourth-order valence-electron chi connectivity index (χ4n) is 3.13. The van der Waals surface area contributed by atoms with E-state index in [4.69, 9.17) is 9.47 Å². The zero-order valence-corrected chi connectivity index (χ0v) is 17.1. The highest BCUT2D eigenvalue weighted by Crippen LogP contribution is 2.34. The summed E-state index contributed by atoms with van der Waals surface area (Å²) < 4.78 is 11.2. The Kier molecular flexibility index (Phi) is 5.14. The Hall–Kier alpha value is -3.80. The number of aromatic amines is 1. The Labute approximate surface area is 174 Å². The molecule has 0 saturated carbocycles. The van der Waals surface area contributed by atoms with Gasteiger partial charge >= 0.3 is 6.09 Å². The third-order valence-electron chi connectivity index (χ3n) is 4.36. The topological polar surface area (TPSA) is 76.2 Å². The summed E-state index contributed by atoms with van der Waals surface area (Å²) in [6.45, 7) is 5.46. The second kappa shape index (κ2) is 7.91. The van der Waals surface area contributed by atoms with Gasteiger partial charge in [-0.2, -0.15) is 0 Å². The zero-order valence-electron chi connectivity index (χ0n) is 17.1. The molecule has 0 aliphatic heterocycles. The number of nitrogens with zero attached hydrogens (tertiary/aromatic N) is 1. The predicted octanol–water partition coefficient (Wildman–Crippen LogP) is 6.37. The van der Waals surface area contributed by atoms with Gasteiger partial charge in [0.15, 0.2) is 0 Å². The first-order valence-corrected chi connectivity index (χ1v) is 9.68. The number of anilines is 1. The van der Waals surface area contributed by atoms with Crippen LogP contribution in [0, 0.1) is 0 Å². The van der Waals surface area contributed by atoms with Crippen molar-refractivity contribution in [3.8, 4) is 22.6 Å². The molecule has 0 aliphatic carbocycles. The second-order valence-corrected chi connectivity index (χ2v) is 7.85. The van der Waals surface area contributed by atoms with Crippen molar-refractivity contribution < 1.29 is 14.3 Å². The van der Waals surface area contributed by atoms with Crippen LogP contribution in [0.15, 0.2) is 73.1 Å². The SMILES string of the molecule is CC(C)(C)OC(=O)Nc1nccc2[nH]cc(-c3ccc(Oc4ccccc4)cc3)c12. The average Bonchev–Trinajstić information content (AvgIpc) is 3.13. The summed E-state index contributed by atoms with van der Waals surface area (Å²) in [6, 6.07) is 19.3. The van der Waals surface area contributed by atoms with Gasteiger partial charge in [0.2, 0.25) is 0 Å². The van der Waals surface area contributed by atoms with Crippen LogP contribution in [0.1, 0.15) is 20.8 Å². The molecule has 4 aromatic rings. The van der Waals surface area contributed by atoms with Crippen molar-refractivity contribution in [2.45, 2.75) is 26.4 Å². The molecule has 0 fully saturated rings. The third-order valence-corrected chi connectivity index (χ3v) is 4.36. The van der Waals surface area contributed by atoms with Crippen LogP contribution < -0.4 is 10.1 Å². The first-order valence-electron chi connectivity index (χ1n) is 9.68. The van der Waals surface area contributed by atoms with Crippen molar-refractivity contribution >= 4 is 22.8 Å². The van der Waals surface area contributed by atoms with Gasteiger partial charge in [0.1, 0.15) is 22.9 Å². The maximum atomic E-state index is 12.3. The van der Waals surface area contributed by atoms with E-state index in [0.717, 1.165) is 33.5 Å². The van der Waals surface area contributed by atoms with Crippen LogP contribution >= 0.6 is 0 Å². The number of benzene rings is 2. The molecule has 0 radical (unpaired) electrons. The van der Waals surface area contributed by atoms with Crippen LogP contribution in [0.2, 0.25) is 0 Å². The summed E-state index contributed by atoms with van der Waals surface area (Å²) in [7, 11) is 0. The molecule has 1 amide bonds. The molecule has 6 heteroatoms. The van der Waals surface area contributed by atoms with Crippen LogP contribution in [0.25, 0.3) is 22.0 Å². The molecule has 2 aromatic heterocycles. The molecule has 0 aliphatic rings. The number of pyridine rings is 1. The van der Waals surface area contributed by atoms with Gasteiger partial charge in [0.05, 0.1) is 10.9 Å². The normalized spacial score (nSPS) is 11.3. The van der Waals surface area contributed by atoms with Gasteiger partial charge < -0.3 is 14.5 Å². The smallest absolute Gasteiger partial charge is 0.413 e. The van der Waals surface area contributed by atoms with Gasteiger partial charge in [-0.3, -0.25) is 5.32 Å². The average molecular weight is 401 g/mol. The molecule has 0 atom stereocenters. The number of para-hydroxylation sites is 1. The summed E-state index contributed by atoms with van der Waals surface area (Å²) >= 11 is 0. The number of rotatable bonds is 4. The standard InChI is InChI=1S/C24H23N3O3/c1-24(2,3)30-23(28)27-22-21-19(15-26-20(21)13-14-25-22)16-9-11-18(12-10-16)29-17-7-5-4-6-8-17/h4-15,26H,1-3H3,(H,25,27,28). The lowest BCUT2D eigenvalue weighted by atomic mass is 10.1. The van der Waals surface area contributed by atoms with Crippen LogP contribution in [0.5, 0.6) is 11.5 Å². The van der Waals surface area contributed by atoms with Crippen molar-refractivity contribution in [2.75, 3.05) is 5.32 Å². The van der Waals surface area contributed by atoms with Crippen molar-refractivity contribution in [3.63, 3.8) is 0 Å². The van der Waals surface area contributed by atoms with E-state index in [-0.39, 0.29) is 0 Å². The monoisotopic (exact) mass is 401 g/mol. The van der Waals surface area contributed by atoms with Gasteiger partial charge in [-0.25, -0.2) is 9.78 Å². The largest absolute Gasteiger partial charge is 0.457 e. The minimum absolute atomic E-state index is 0.447. The lowest BCUT2D eigenvalue weighted by molar-refractivity contribution is 0.0635. The maximum absolute atomic E-state index is 12.3. The molecule has 152 valence electrons. The number of carbonyl (C=O) groups is 1. The number of fused-ring (bicyclic) bond motifs is 1. The number of nitrogens with one attached hydrogen (secondary N) is 2. The van der Waals surface area contributed by atoms with Gasteiger partial charge in [0, 0.05) is 18.0 Å². The molecule has 2 N–H and O–H groups in total. The molecular formula is C24H23N3O3. The van der Waals surface area contributed by atoms with Gasteiger partial charge in [-0.05, 0) is 56.7 Å². The Morgan fingerprint density at radius 2 is 1.67 bits per heavy atom. The number of aromatic nitrogens is 2. The lowest BCUT2D eigenvalue weighted by Crippen LogP contribution is -2.27. The number of hydrogen-bond acceptors (Lipinski definition) is 4. The minimum Gasteiger partial charge on any atom is -0.457 e. The van der Waals surface area contributed by atoms with Crippen molar-refractivity contribution in [1.82, 2.24) is 9.97 Å². The van der Waals surface area contributed by atoms with Crippen molar-refractivity contribution in [1.29, 1.82) is 0 Å². The lowest BCUT2D eigenvalue weighted by Gasteiger charge is -2.19. The first-order chi connectivity index (χ1) is 14.4. The van der Waals surface area contributed by atoms with Crippen molar-refractivity contribution in [2.24, 2.45) is 0 Å². The van der Waals surface area contributed by atoms with E-state index in [1.165, 1.54) is 0 Å². The molecule has 2 aromatic carbocycles. The Balaban J connectivity index is 1.62. The van der Waals surface area contributed by atoms with E-state index in [9.17, 15) is 4.79 Å². The summed E-state index contributed by atoms with van der Waals surface area (Å²) in [5.74, 6) is 1.98. The number of carbonyl (C=O) groups excluding carboxylic acids is 1. The molecule has 30 heavy (non-hydrogen) atoms. The fraction of sp³-hybridized carbons (Fsp3) is 0.167. The molecule has 4 rings (SSSR count). The predicted molar refractivity (Wildman–Crippen MR) is 118 cm³/mol. The Bertz CT molecular complexity index is 1160. The molecule has 0 saturated heterocycles. The summed E-state index contributed by atoms with van der Waals surface area (Å²) in [4.78, 5) is 19.9. The fourth-order valence-corrected chi connectivity index (χ4v) is 3.13. The highest BCUT2D eigenvalue weighted by Gasteiger charge is 2.19. The van der Waals surface area contributed by atoms with Crippen LogP contribution in [0.3, 0.4) is 0 Å². The first kappa shape index (κ1) is 19.5. The number of ether oxygens (including phenoxy) is 2. The molecule has 0 unspecified atom stereocenters. The molecule has 0 bridgehead atoms. The Morgan fingerprint density at radius 1 is 0.967 bits per heavy atom. The summed E-state index contributed by atoms with van der Waals surface area (Å²) in [5.41, 5.74) is 2.18. The molecule has 0 spiro atoms. The van der Waals surface area contributed by atoms with E-state index in [2.05, 4.69) is 15.3 Å². The van der Waals surface area contributed by atoms with Gasteiger partial charge in [-0.15, -0.1) is 0 Å². The Morgan fingerprint density at radius 3 is 2.37 bits per heavy atom. The van der Waals surface area contributed by atoms with Crippen LogP contribution in [-0.4, -0.2) is 21.7 Å². The third kappa shape index (κ3) is 4.43. The number of H-pyrrole nitrogens is 1. The van der Waals surface area contributed by atoms with Gasteiger partial charge in [0.25, 0.3) is 0 Å². The van der Waals surface area contributed by atoms with Crippen molar-refractivity contribution in [3.05, 3.63) is 73.1 Å². The zero-order chi connectivity index (χ0) is 21.1. The highest BCUT2D eigenvalue weighted by molar-refractivity contribution is 6.05. The van der Waals surface area contributed by atoms with E-state index in [0.29, 0.717) is 5.82 Å². The maximum Gasteiger partial charge on any atom is 0.413 e.